The second kappa shape index (κ2) is 6.89. The standard InChI is InChI=1S/C16H20F3N3O3/c1-15(2,16(17,18)19)14(25)22-10-6-12-11(21-8-10)5-9(7-20-12)3-4-13(23)24/h6,8-9,20H,3-5,7H2,1-2H3,(H,22,25)(H,23,24). The summed E-state index contributed by atoms with van der Waals surface area (Å²) in [6.07, 6.45) is -2.18. The van der Waals surface area contributed by atoms with E-state index in [-0.39, 0.29) is 18.0 Å². The number of carboxylic acids is 1. The lowest BCUT2D eigenvalue weighted by atomic mass is 9.91. The topological polar surface area (TPSA) is 91.3 Å². The number of hydrogen-bond acceptors (Lipinski definition) is 4. The van der Waals surface area contributed by atoms with Gasteiger partial charge in [-0.3, -0.25) is 14.6 Å². The lowest BCUT2D eigenvalue weighted by molar-refractivity contribution is -0.208. The maximum Gasteiger partial charge on any atom is 0.402 e. The number of nitrogens with one attached hydrogen (secondary N) is 2. The Kier molecular flexibility index (Phi) is 5.24. The van der Waals surface area contributed by atoms with Crippen LogP contribution in [0, 0.1) is 11.3 Å². The van der Waals surface area contributed by atoms with Gasteiger partial charge in [-0.05, 0) is 38.7 Å². The fraction of sp³-hybridized carbons (Fsp3) is 0.562. The first-order chi connectivity index (χ1) is 11.5. The average molecular weight is 359 g/mol. The molecule has 25 heavy (non-hydrogen) atoms. The number of alkyl halides is 3. The number of halogens is 3. The number of anilines is 2. The van der Waals surface area contributed by atoms with E-state index in [4.69, 9.17) is 5.11 Å². The van der Waals surface area contributed by atoms with Gasteiger partial charge in [0.15, 0.2) is 0 Å². The van der Waals surface area contributed by atoms with Gasteiger partial charge in [0.1, 0.15) is 5.41 Å². The number of hydrogen-bond donors (Lipinski definition) is 3. The highest BCUT2D eigenvalue weighted by Gasteiger charge is 2.52. The Hall–Kier alpha value is -2.32. The highest BCUT2D eigenvalue weighted by atomic mass is 19.4. The van der Waals surface area contributed by atoms with Crippen molar-refractivity contribution in [2.24, 2.45) is 11.3 Å². The minimum absolute atomic E-state index is 0.0718. The molecule has 1 unspecified atom stereocenters. The van der Waals surface area contributed by atoms with Crippen molar-refractivity contribution in [3.8, 4) is 0 Å². The molecule has 0 bridgehead atoms. The second-order valence-electron chi connectivity index (χ2n) is 6.68. The number of carbonyl (C=O) groups is 2. The molecule has 6 nitrogen and oxygen atoms in total. The van der Waals surface area contributed by atoms with Crippen LogP contribution in [0.25, 0.3) is 0 Å². The molecule has 0 saturated carbocycles. The van der Waals surface area contributed by atoms with Gasteiger partial charge in [-0.2, -0.15) is 13.2 Å². The molecule has 0 saturated heterocycles. The number of fused-ring (bicyclic) bond motifs is 1. The number of aromatic nitrogens is 1. The molecular weight excluding hydrogens is 339 g/mol. The highest BCUT2D eigenvalue weighted by molar-refractivity contribution is 5.95. The first-order valence-corrected chi connectivity index (χ1v) is 7.83. The zero-order chi connectivity index (χ0) is 18.8. The molecule has 1 aromatic rings. The van der Waals surface area contributed by atoms with E-state index in [2.05, 4.69) is 15.6 Å². The molecule has 0 aliphatic carbocycles. The lowest BCUT2D eigenvalue weighted by Gasteiger charge is -2.27. The Bertz CT molecular complexity index is 674. The van der Waals surface area contributed by atoms with Gasteiger partial charge in [0, 0.05) is 13.0 Å². The van der Waals surface area contributed by atoms with Crippen LogP contribution in [0.15, 0.2) is 12.3 Å². The van der Waals surface area contributed by atoms with Gasteiger partial charge in [-0.1, -0.05) is 0 Å². The number of amides is 1. The molecule has 0 radical (unpaired) electrons. The molecule has 138 valence electrons. The number of nitrogens with zero attached hydrogens (tertiary/aromatic N) is 1. The predicted molar refractivity (Wildman–Crippen MR) is 85.3 cm³/mol. The molecule has 0 fully saturated rings. The zero-order valence-corrected chi connectivity index (χ0v) is 13.9. The van der Waals surface area contributed by atoms with E-state index in [9.17, 15) is 22.8 Å². The molecule has 1 aliphatic rings. The molecule has 3 N–H and O–H groups in total. The van der Waals surface area contributed by atoms with Crippen molar-refractivity contribution in [2.75, 3.05) is 17.2 Å². The lowest BCUT2D eigenvalue weighted by Crippen LogP contribution is -2.43. The van der Waals surface area contributed by atoms with E-state index in [0.29, 0.717) is 30.8 Å². The number of aliphatic carboxylic acids is 1. The van der Waals surface area contributed by atoms with Crippen molar-refractivity contribution in [3.05, 3.63) is 18.0 Å². The minimum atomic E-state index is -4.66. The summed E-state index contributed by atoms with van der Waals surface area (Å²) < 4.78 is 38.7. The Labute approximate surface area is 142 Å². The minimum Gasteiger partial charge on any atom is -0.481 e. The summed E-state index contributed by atoms with van der Waals surface area (Å²) in [5.41, 5.74) is -1.00. The molecule has 0 aromatic carbocycles. The number of rotatable bonds is 5. The van der Waals surface area contributed by atoms with Crippen molar-refractivity contribution in [2.45, 2.75) is 39.3 Å². The zero-order valence-electron chi connectivity index (χ0n) is 13.9. The van der Waals surface area contributed by atoms with Crippen molar-refractivity contribution in [1.82, 2.24) is 4.98 Å². The monoisotopic (exact) mass is 359 g/mol. The highest BCUT2D eigenvalue weighted by Crippen LogP contribution is 2.38. The van der Waals surface area contributed by atoms with E-state index in [1.54, 1.807) is 6.07 Å². The molecule has 2 heterocycles. The first kappa shape index (κ1) is 19.0. The van der Waals surface area contributed by atoms with Gasteiger partial charge in [0.2, 0.25) is 5.91 Å². The molecule has 1 aliphatic heterocycles. The molecule has 1 atom stereocenters. The fourth-order valence-corrected chi connectivity index (χ4v) is 2.42. The summed E-state index contributed by atoms with van der Waals surface area (Å²) in [4.78, 5) is 26.7. The maximum absolute atomic E-state index is 12.9. The third-order valence-electron chi connectivity index (χ3n) is 4.33. The van der Waals surface area contributed by atoms with Crippen LogP contribution in [0.4, 0.5) is 24.5 Å². The van der Waals surface area contributed by atoms with Crippen LogP contribution < -0.4 is 10.6 Å². The van der Waals surface area contributed by atoms with Crippen LogP contribution in [0.3, 0.4) is 0 Å². The van der Waals surface area contributed by atoms with Crippen molar-refractivity contribution in [1.29, 1.82) is 0 Å². The van der Waals surface area contributed by atoms with Gasteiger partial charge in [0.05, 0.1) is 23.3 Å². The summed E-state index contributed by atoms with van der Waals surface area (Å²) in [7, 11) is 0. The number of pyridine rings is 1. The Balaban J connectivity index is 2.05. The van der Waals surface area contributed by atoms with Crippen molar-refractivity contribution < 1.29 is 27.9 Å². The average Bonchev–Trinajstić information content (AvgIpc) is 2.51. The van der Waals surface area contributed by atoms with Gasteiger partial charge < -0.3 is 15.7 Å². The Morgan fingerprint density at radius 3 is 2.68 bits per heavy atom. The van der Waals surface area contributed by atoms with E-state index < -0.39 is 23.5 Å². The summed E-state index contributed by atoms with van der Waals surface area (Å²) in [5, 5.41) is 14.1. The van der Waals surface area contributed by atoms with Crippen LogP contribution in [0.2, 0.25) is 0 Å². The summed E-state index contributed by atoms with van der Waals surface area (Å²) in [5.74, 6) is -1.89. The number of carboxylic acid groups (broad SMARTS) is 1. The number of carbonyl (C=O) groups excluding carboxylic acids is 1. The van der Waals surface area contributed by atoms with Gasteiger partial charge in [0.25, 0.3) is 0 Å². The second-order valence-corrected chi connectivity index (χ2v) is 6.68. The van der Waals surface area contributed by atoms with Crippen LogP contribution in [0.1, 0.15) is 32.4 Å². The normalized spacial score (nSPS) is 17.4. The van der Waals surface area contributed by atoms with Crippen LogP contribution in [-0.4, -0.2) is 34.7 Å². The van der Waals surface area contributed by atoms with Gasteiger partial charge in [-0.15, -0.1) is 0 Å². The third kappa shape index (κ3) is 4.40. The quantitative estimate of drug-likeness (QED) is 0.752. The molecule has 9 heteroatoms. The van der Waals surface area contributed by atoms with E-state index >= 15 is 0 Å². The smallest absolute Gasteiger partial charge is 0.402 e. The van der Waals surface area contributed by atoms with Gasteiger partial charge >= 0.3 is 12.1 Å². The van der Waals surface area contributed by atoms with E-state index in [1.807, 2.05) is 0 Å². The first-order valence-electron chi connectivity index (χ1n) is 7.83. The molecule has 0 spiro atoms. The summed E-state index contributed by atoms with van der Waals surface area (Å²) in [6, 6.07) is 1.54. The van der Waals surface area contributed by atoms with Crippen LogP contribution >= 0.6 is 0 Å². The third-order valence-corrected chi connectivity index (χ3v) is 4.33. The molecule has 2 rings (SSSR count). The predicted octanol–water partition coefficient (Wildman–Crippen LogP) is 3.06. The summed E-state index contributed by atoms with van der Waals surface area (Å²) in [6.45, 7) is 2.19. The van der Waals surface area contributed by atoms with Crippen LogP contribution in [0.5, 0.6) is 0 Å². The Morgan fingerprint density at radius 2 is 2.08 bits per heavy atom. The van der Waals surface area contributed by atoms with Crippen molar-refractivity contribution in [3.63, 3.8) is 0 Å². The molecule has 1 amide bonds. The van der Waals surface area contributed by atoms with E-state index in [0.717, 1.165) is 13.8 Å². The van der Waals surface area contributed by atoms with Crippen LogP contribution in [-0.2, 0) is 16.0 Å². The van der Waals surface area contributed by atoms with Gasteiger partial charge in [-0.25, -0.2) is 0 Å². The maximum atomic E-state index is 12.9. The van der Waals surface area contributed by atoms with Crippen molar-refractivity contribution >= 4 is 23.3 Å². The Morgan fingerprint density at radius 1 is 1.40 bits per heavy atom. The summed E-state index contributed by atoms with van der Waals surface area (Å²) >= 11 is 0. The van der Waals surface area contributed by atoms with E-state index in [1.165, 1.54) is 6.20 Å². The SMILES string of the molecule is CC(C)(C(=O)Nc1cnc2c(c1)NCC(CCC(=O)O)C2)C(F)(F)F. The molecule has 1 aromatic heterocycles. The largest absolute Gasteiger partial charge is 0.481 e. The molecular formula is C16H20F3N3O3. The fourth-order valence-electron chi connectivity index (χ4n) is 2.42.